The number of methoxy groups -OCH3 is 1. The molecule has 2 heterocycles. The van der Waals surface area contributed by atoms with Crippen molar-refractivity contribution in [3.63, 3.8) is 0 Å². The third-order valence-electron chi connectivity index (χ3n) is 6.05. The molecule has 4 aromatic rings. The molecule has 0 amide bonds. The first-order valence-electron chi connectivity index (χ1n) is 11.3. The molecule has 3 aromatic carbocycles. The summed E-state index contributed by atoms with van der Waals surface area (Å²) < 4.78 is 12.8. The molecule has 176 valence electrons. The van der Waals surface area contributed by atoms with Gasteiger partial charge in [-0.2, -0.15) is 0 Å². The molecule has 0 saturated heterocycles. The molecule has 0 N–H and O–H groups in total. The molecule has 0 spiro atoms. The molecular formula is C28H24N2O4S. The fraction of sp³-hybridized carbons (Fsp3) is 0.179. The molecule has 0 aliphatic carbocycles. The van der Waals surface area contributed by atoms with Crippen molar-refractivity contribution >= 4 is 34.2 Å². The molecule has 0 saturated carbocycles. The second-order valence-corrected chi connectivity index (χ2v) is 9.15. The summed E-state index contributed by atoms with van der Waals surface area (Å²) in [5.41, 5.74) is 2.47. The van der Waals surface area contributed by atoms with Crippen LogP contribution in [0.2, 0.25) is 0 Å². The summed E-state index contributed by atoms with van der Waals surface area (Å²) in [7, 11) is 1.61. The van der Waals surface area contributed by atoms with Gasteiger partial charge in [-0.15, -0.1) is 0 Å². The quantitative estimate of drug-likeness (QED) is 0.402. The third-order valence-corrected chi connectivity index (χ3v) is 7.03. The van der Waals surface area contributed by atoms with Gasteiger partial charge in [-0.3, -0.25) is 9.36 Å². The zero-order valence-corrected chi connectivity index (χ0v) is 20.5. The molecule has 6 nitrogen and oxygen atoms in total. The number of thiazole rings is 1. The highest BCUT2D eigenvalue weighted by molar-refractivity contribution is 7.07. The van der Waals surface area contributed by atoms with Crippen LogP contribution in [0.1, 0.15) is 31.0 Å². The summed E-state index contributed by atoms with van der Waals surface area (Å²) in [5, 5.41) is 2.00. The largest absolute Gasteiger partial charge is 0.497 e. The number of rotatable bonds is 5. The molecule has 1 aliphatic heterocycles. The van der Waals surface area contributed by atoms with Gasteiger partial charge in [-0.1, -0.05) is 65.9 Å². The standard InChI is InChI=1S/C28H24N2O4S/c1-4-34-27(32)24-17(2)29-28-30(25(24)22-11-7-9-19-8-5-6-10-21(19)22)26(31)23(35-28)16-18-12-14-20(33-3)15-13-18/h5-16,25H,4H2,1-3H3/t25-/m1/s1. The Morgan fingerprint density at radius 1 is 1.09 bits per heavy atom. The number of hydrogen-bond donors (Lipinski definition) is 0. The molecular weight excluding hydrogens is 460 g/mol. The Kier molecular flexibility index (Phi) is 6.09. The van der Waals surface area contributed by atoms with Crippen LogP contribution in [0.25, 0.3) is 16.8 Å². The Balaban J connectivity index is 1.77. The maximum Gasteiger partial charge on any atom is 0.338 e. The normalized spacial score (nSPS) is 15.6. The predicted octanol–water partition coefficient (Wildman–Crippen LogP) is 3.96. The van der Waals surface area contributed by atoms with Gasteiger partial charge < -0.3 is 9.47 Å². The molecule has 7 heteroatoms. The molecule has 0 fully saturated rings. The zero-order chi connectivity index (χ0) is 24.5. The highest BCUT2D eigenvalue weighted by atomic mass is 32.1. The highest BCUT2D eigenvalue weighted by Crippen LogP contribution is 2.34. The van der Waals surface area contributed by atoms with Gasteiger partial charge in [-0.25, -0.2) is 9.79 Å². The Morgan fingerprint density at radius 3 is 2.57 bits per heavy atom. The Morgan fingerprint density at radius 2 is 1.83 bits per heavy atom. The number of aromatic nitrogens is 1. The monoisotopic (exact) mass is 484 g/mol. The van der Waals surface area contributed by atoms with E-state index in [9.17, 15) is 9.59 Å². The van der Waals surface area contributed by atoms with Crippen LogP contribution in [-0.2, 0) is 9.53 Å². The maximum atomic E-state index is 13.8. The fourth-order valence-electron chi connectivity index (χ4n) is 4.43. The molecule has 1 atom stereocenters. The smallest absolute Gasteiger partial charge is 0.338 e. The Labute approximate surface area is 206 Å². The van der Waals surface area contributed by atoms with Gasteiger partial charge in [0.05, 0.1) is 35.6 Å². The number of ether oxygens (including phenoxy) is 2. The van der Waals surface area contributed by atoms with E-state index in [-0.39, 0.29) is 12.2 Å². The maximum absolute atomic E-state index is 13.8. The lowest BCUT2D eigenvalue weighted by Gasteiger charge is -2.25. The van der Waals surface area contributed by atoms with Crippen LogP contribution < -0.4 is 19.6 Å². The van der Waals surface area contributed by atoms with Crippen molar-refractivity contribution in [1.82, 2.24) is 4.57 Å². The van der Waals surface area contributed by atoms with Crippen molar-refractivity contribution in [1.29, 1.82) is 0 Å². The molecule has 0 bridgehead atoms. The molecule has 1 aliphatic rings. The van der Waals surface area contributed by atoms with Crippen LogP contribution in [-0.4, -0.2) is 24.3 Å². The highest BCUT2D eigenvalue weighted by Gasteiger charge is 2.34. The average molecular weight is 485 g/mol. The van der Waals surface area contributed by atoms with E-state index in [0.717, 1.165) is 27.6 Å². The zero-order valence-electron chi connectivity index (χ0n) is 19.6. The van der Waals surface area contributed by atoms with E-state index in [1.54, 1.807) is 25.5 Å². The minimum absolute atomic E-state index is 0.197. The van der Waals surface area contributed by atoms with Gasteiger partial charge in [0, 0.05) is 0 Å². The SMILES string of the molecule is CCOC(=O)C1=C(C)N=c2sc(=Cc3ccc(OC)cc3)c(=O)n2[C@@H]1c1cccc2ccccc12. The van der Waals surface area contributed by atoms with Gasteiger partial charge in [0.15, 0.2) is 4.80 Å². The van der Waals surface area contributed by atoms with Gasteiger partial charge >= 0.3 is 5.97 Å². The number of nitrogens with zero attached hydrogens (tertiary/aromatic N) is 2. The summed E-state index contributed by atoms with van der Waals surface area (Å²) in [6, 6.07) is 20.7. The number of benzene rings is 3. The molecule has 0 radical (unpaired) electrons. The minimum Gasteiger partial charge on any atom is -0.497 e. The minimum atomic E-state index is -0.644. The van der Waals surface area contributed by atoms with Crippen molar-refractivity contribution < 1.29 is 14.3 Å². The average Bonchev–Trinajstić information content (AvgIpc) is 3.17. The van der Waals surface area contributed by atoms with Crippen molar-refractivity contribution in [2.45, 2.75) is 19.9 Å². The molecule has 35 heavy (non-hydrogen) atoms. The Hall–Kier alpha value is -3.97. The van der Waals surface area contributed by atoms with E-state index in [1.807, 2.05) is 72.8 Å². The van der Waals surface area contributed by atoms with Crippen LogP contribution in [0.5, 0.6) is 5.75 Å². The predicted molar refractivity (Wildman–Crippen MR) is 137 cm³/mol. The summed E-state index contributed by atoms with van der Waals surface area (Å²) in [4.78, 5) is 32.1. The first kappa shape index (κ1) is 22.8. The third kappa shape index (κ3) is 4.08. The summed E-state index contributed by atoms with van der Waals surface area (Å²) in [6.45, 7) is 3.80. The van der Waals surface area contributed by atoms with Crippen molar-refractivity contribution in [3.8, 4) is 5.75 Å². The van der Waals surface area contributed by atoms with E-state index in [1.165, 1.54) is 11.3 Å². The number of fused-ring (bicyclic) bond motifs is 2. The number of carbonyl (C=O) groups is 1. The first-order valence-corrected chi connectivity index (χ1v) is 12.1. The summed E-state index contributed by atoms with van der Waals surface area (Å²) in [6.07, 6.45) is 1.84. The van der Waals surface area contributed by atoms with Crippen molar-refractivity contribution in [2.75, 3.05) is 13.7 Å². The van der Waals surface area contributed by atoms with Crippen molar-refractivity contribution in [3.05, 3.63) is 109 Å². The van der Waals surface area contributed by atoms with E-state index >= 15 is 0 Å². The van der Waals surface area contributed by atoms with Gasteiger partial charge in [0.1, 0.15) is 5.75 Å². The van der Waals surface area contributed by atoms with Crippen LogP contribution >= 0.6 is 11.3 Å². The lowest BCUT2D eigenvalue weighted by Crippen LogP contribution is -2.40. The van der Waals surface area contributed by atoms with Gasteiger partial charge in [-0.05, 0) is 54.0 Å². The molecule has 0 unspecified atom stereocenters. The fourth-order valence-corrected chi connectivity index (χ4v) is 5.47. The van der Waals surface area contributed by atoms with E-state index in [0.29, 0.717) is 20.6 Å². The molecule has 5 rings (SSSR count). The van der Waals surface area contributed by atoms with E-state index in [2.05, 4.69) is 4.99 Å². The van der Waals surface area contributed by atoms with E-state index < -0.39 is 12.0 Å². The lowest BCUT2D eigenvalue weighted by molar-refractivity contribution is -0.139. The summed E-state index contributed by atoms with van der Waals surface area (Å²) in [5.74, 6) is 0.283. The number of carbonyl (C=O) groups excluding carboxylic acids is 1. The summed E-state index contributed by atoms with van der Waals surface area (Å²) >= 11 is 1.31. The topological polar surface area (TPSA) is 69.9 Å². The van der Waals surface area contributed by atoms with Crippen LogP contribution in [0.3, 0.4) is 0 Å². The second kappa shape index (κ2) is 9.35. The second-order valence-electron chi connectivity index (χ2n) is 8.14. The number of hydrogen-bond acceptors (Lipinski definition) is 6. The first-order chi connectivity index (χ1) is 17.0. The molecule has 1 aromatic heterocycles. The van der Waals surface area contributed by atoms with Crippen LogP contribution in [0.4, 0.5) is 0 Å². The van der Waals surface area contributed by atoms with Crippen LogP contribution in [0.15, 0.2) is 87.8 Å². The lowest BCUT2D eigenvalue weighted by atomic mass is 9.91. The Bertz CT molecular complexity index is 1640. The van der Waals surface area contributed by atoms with Crippen molar-refractivity contribution in [2.24, 2.45) is 4.99 Å². The number of esters is 1. The van der Waals surface area contributed by atoms with Gasteiger partial charge in [0.25, 0.3) is 5.56 Å². The van der Waals surface area contributed by atoms with Gasteiger partial charge in [0.2, 0.25) is 0 Å². The van der Waals surface area contributed by atoms with E-state index in [4.69, 9.17) is 9.47 Å². The number of allylic oxidation sites excluding steroid dienone is 1. The van der Waals surface area contributed by atoms with Crippen LogP contribution in [0, 0.1) is 0 Å².